The molecule has 0 aromatic heterocycles. The molecule has 0 bridgehead atoms. The van der Waals surface area contributed by atoms with Crippen LogP contribution in [0.5, 0.6) is 0 Å². The van der Waals surface area contributed by atoms with Gasteiger partial charge in [0, 0.05) is 6.54 Å². The fourth-order valence-electron chi connectivity index (χ4n) is 1.61. The van der Waals surface area contributed by atoms with Gasteiger partial charge in [-0.15, -0.1) is 0 Å². The third kappa shape index (κ3) is 4.33. The van der Waals surface area contributed by atoms with Gasteiger partial charge in [0.05, 0.1) is 12.6 Å². The molecule has 1 amide bonds. The van der Waals surface area contributed by atoms with Crippen molar-refractivity contribution in [3.63, 3.8) is 0 Å². The Kier molecular flexibility index (Phi) is 5.58. The quantitative estimate of drug-likeness (QED) is 0.821. The van der Waals surface area contributed by atoms with Gasteiger partial charge in [0.25, 0.3) is 0 Å². The van der Waals surface area contributed by atoms with Gasteiger partial charge in [0.2, 0.25) is 0 Å². The number of aliphatic hydroxyl groups is 1. The summed E-state index contributed by atoms with van der Waals surface area (Å²) in [6.07, 6.45) is -0.345. The fraction of sp³-hybridized carbons (Fsp3) is 0.462. The summed E-state index contributed by atoms with van der Waals surface area (Å²) in [6.45, 7) is 2.36. The molecule has 4 nitrogen and oxygen atoms in total. The highest BCUT2D eigenvalue weighted by atomic mass is 19.1. The van der Waals surface area contributed by atoms with E-state index in [-0.39, 0.29) is 12.4 Å². The zero-order valence-corrected chi connectivity index (χ0v) is 10.3. The Morgan fingerprint density at radius 3 is 2.50 bits per heavy atom. The Labute approximate surface area is 106 Å². The van der Waals surface area contributed by atoms with E-state index < -0.39 is 12.2 Å². The summed E-state index contributed by atoms with van der Waals surface area (Å²) in [4.78, 5) is 12.2. The van der Waals surface area contributed by atoms with Crippen molar-refractivity contribution in [1.29, 1.82) is 0 Å². The number of hydrogen-bond donors (Lipinski definition) is 2. The number of aliphatic hydroxyl groups excluding tert-OH is 1. The monoisotopic (exact) mass is 255 g/mol. The van der Waals surface area contributed by atoms with E-state index in [2.05, 4.69) is 0 Å². The molecular formula is C13H18FNO3. The van der Waals surface area contributed by atoms with Crippen LogP contribution in [0.4, 0.5) is 9.18 Å². The van der Waals surface area contributed by atoms with Crippen molar-refractivity contribution in [3.8, 4) is 0 Å². The van der Waals surface area contributed by atoms with Crippen LogP contribution in [0.25, 0.3) is 0 Å². The normalized spacial score (nSPS) is 12.2. The van der Waals surface area contributed by atoms with Crippen LogP contribution < -0.4 is 0 Å². The van der Waals surface area contributed by atoms with E-state index in [1.165, 1.54) is 29.2 Å². The van der Waals surface area contributed by atoms with Crippen LogP contribution in [-0.4, -0.2) is 34.3 Å². The molecule has 0 aliphatic heterocycles. The first-order chi connectivity index (χ1) is 8.54. The third-order valence-corrected chi connectivity index (χ3v) is 2.70. The second-order valence-electron chi connectivity index (χ2n) is 4.15. The first-order valence-corrected chi connectivity index (χ1v) is 5.96. The summed E-state index contributed by atoms with van der Waals surface area (Å²) >= 11 is 0. The van der Waals surface area contributed by atoms with Gasteiger partial charge in [0.1, 0.15) is 5.82 Å². The first-order valence-electron chi connectivity index (χ1n) is 5.96. The maximum Gasteiger partial charge on any atom is 0.407 e. The van der Waals surface area contributed by atoms with Crippen LogP contribution >= 0.6 is 0 Å². The van der Waals surface area contributed by atoms with Gasteiger partial charge < -0.3 is 15.1 Å². The zero-order valence-electron chi connectivity index (χ0n) is 10.3. The molecule has 0 radical (unpaired) electrons. The second-order valence-corrected chi connectivity index (χ2v) is 4.15. The molecule has 100 valence electrons. The van der Waals surface area contributed by atoms with E-state index in [1.807, 2.05) is 6.92 Å². The van der Waals surface area contributed by atoms with Crippen LogP contribution in [-0.2, 0) is 0 Å². The summed E-state index contributed by atoms with van der Waals surface area (Å²) in [5.74, 6) is -0.382. The maximum atomic E-state index is 12.7. The van der Waals surface area contributed by atoms with Crippen molar-refractivity contribution in [3.05, 3.63) is 35.6 Å². The number of carbonyl (C=O) groups is 1. The van der Waals surface area contributed by atoms with Crippen LogP contribution in [0.2, 0.25) is 0 Å². The smallest absolute Gasteiger partial charge is 0.407 e. The van der Waals surface area contributed by atoms with Crippen molar-refractivity contribution in [2.24, 2.45) is 0 Å². The standard InChI is InChI=1S/C13H18FNO3/c1-2-3-8-15(13(17)18)9-12(16)10-4-6-11(14)7-5-10/h4-7,12,16H,2-3,8-9H2,1H3,(H,17,18)/t12-/m0/s1. The molecule has 0 heterocycles. The summed E-state index contributed by atoms with van der Waals surface area (Å²) in [5.41, 5.74) is 0.513. The lowest BCUT2D eigenvalue weighted by molar-refractivity contribution is 0.0961. The van der Waals surface area contributed by atoms with E-state index in [9.17, 15) is 14.3 Å². The van der Waals surface area contributed by atoms with Crippen molar-refractivity contribution in [1.82, 2.24) is 4.90 Å². The second kappa shape index (κ2) is 6.96. The van der Waals surface area contributed by atoms with Crippen LogP contribution in [0.1, 0.15) is 31.4 Å². The Bertz CT molecular complexity index is 380. The fourth-order valence-corrected chi connectivity index (χ4v) is 1.61. The predicted octanol–water partition coefficient (Wildman–Crippen LogP) is 2.64. The van der Waals surface area contributed by atoms with Gasteiger partial charge >= 0.3 is 6.09 Å². The maximum absolute atomic E-state index is 12.7. The number of amides is 1. The lowest BCUT2D eigenvalue weighted by Crippen LogP contribution is -2.34. The molecule has 18 heavy (non-hydrogen) atoms. The zero-order chi connectivity index (χ0) is 13.5. The average molecular weight is 255 g/mol. The minimum Gasteiger partial charge on any atom is -0.465 e. The summed E-state index contributed by atoms with van der Waals surface area (Å²) in [6, 6.07) is 5.41. The van der Waals surface area contributed by atoms with Gasteiger partial charge in [-0.2, -0.15) is 0 Å². The van der Waals surface area contributed by atoms with E-state index in [0.29, 0.717) is 12.1 Å². The van der Waals surface area contributed by atoms with Crippen molar-refractivity contribution < 1.29 is 19.4 Å². The molecule has 0 fully saturated rings. The summed E-state index contributed by atoms with van der Waals surface area (Å²) in [7, 11) is 0. The van der Waals surface area contributed by atoms with E-state index in [4.69, 9.17) is 5.11 Å². The summed E-state index contributed by atoms with van der Waals surface area (Å²) in [5, 5.41) is 18.9. The van der Waals surface area contributed by atoms with Crippen molar-refractivity contribution >= 4 is 6.09 Å². The van der Waals surface area contributed by atoms with Crippen LogP contribution in [0, 0.1) is 5.82 Å². The molecule has 0 aliphatic carbocycles. The molecule has 0 saturated carbocycles. The highest BCUT2D eigenvalue weighted by molar-refractivity contribution is 5.65. The Morgan fingerprint density at radius 2 is 2.00 bits per heavy atom. The Hall–Kier alpha value is -1.62. The van der Waals surface area contributed by atoms with Gasteiger partial charge in [0.15, 0.2) is 0 Å². The first kappa shape index (κ1) is 14.4. The topological polar surface area (TPSA) is 60.8 Å². The summed E-state index contributed by atoms with van der Waals surface area (Å²) < 4.78 is 12.7. The molecule has 0 spiro atoms. The van der Waals surface area contributed by atoms with Gasteiger partial charge in [-0.05, 0) is 24.1 Å². The molecule has 1 aromatic rings. The van der Waals surface area contributed by atoms with Gasteiger partial charge in [-0.1, -0.05) is 25.5 Å². The number of nitrogens with zero attached hydrogens (tertiary/aromatic N) is 1. The number of halogens is 1. The highest BCUT2D eigenvalue weighted by Gasteiger charge is 2.17. The molecule has 1 rings (SSSR count). The van der Waals surface area contributed by atoms with Crippen LogP contribution in [0.15, 0.2) is 24.3 Å². The third-order valence-electron chi connectivity index (χ3n) is 2.70. The number of unbranched alkanes of at least 4 members (excludes halogenated alkanes) is 1. The average Bonchev–Trinajstić information content (AvgIpc) is 2.34. The number of benzene rings is 1. The lowest BCUT2D eigenvalue weighted by Gasteiger charge is -2.22. The molecular weight excluding hydrogens is 237 g/mol. The largest absolute Gasteiger partial charge is 0.465 e. The molecule has 0 unspecified atom stereocenters. The number of carboxylic acid groups (broad SMARTS) is 1. The minimum atomic E-state index is -1.05. The SMILES string of the molecule is CCCCN(C[C@H](O)c1ccc(F)cc1)C(=O)O. The molecule has 1 aromatic carbocycles. The van der Waals surface area contributed by atoms with E-state index in [1.54, 1.807) is 0 Å². The van der Waals surface area contributed by atoms with Crippen LogP contribution in [0.3, 0.4) is 0 Å². The Balaban J connectivity index is 2.62. The molecule has 1 atom stereocenters. The molecule has 0 aliphatic rings. The predicted molar refractivity (Wildman–Crippen MR) is 65.9 cm³/mol. The van der Waals surface area contributed by atoms with E-state index in [0.717, 1.165) is 12.8 Å². The lowest BCUT2D eigenvalue weighted by atomic mass is 10.1. The molecule has 2 N–H and O–H groups in total. The Morgan fingerprint density at radius 1 is 1.39 bits per heavy atom. The van der Waals surface area contributed by atoms with Crippen molar-refractivity contribution in [2.45, 2.75) is 25.9 Å². The minimum absolute atomic E-state index is 0.000958. The van der Waals surface area contributed by atoms with Gasteiger partial charge in [-0.3, -0.25) is 0 Å². The molecule has 0 saturated heterocycles. The highest BCUT2D eigenvalue weighted by Crippen LogP contribution is 2.15. The number of rotatable bonds is 6. The number of hydrogen-bond acceptors (Lipinski definition) is 2. The van der Waals surface area contributed by atoms with Crippen molar-refractivity contribution in [2.75, 3.05) is 13.1 Å². The van der Waals surface area contributed by atoms with E-state index >= 15 is 0 Å². The van der Waals surface area contributed by atoms with Gasteiger partial charge in [-0.25, -0.2) is 9.18 Å². The molecule has 5 heteroatoms.